The quantitative estimate of drug-likeness (QED) is 0.580. The number of nitrogens with one attached hydrogen (secondary N) is 1. The van der Waals surface area contributed by atoms with Crippen molar-refractivity contribution in [2.24, 2.45) is 5.16 Å². The first kappa shape index (κ1) is 19.6. The van der Waals surface area contributed by atoms with E-state index in [4.69, 9.17) is 4.84 Å². The molecule has 0 aliphatic heterocycles. The Balaban J connectivity index is 2.54. The SMILES string of the molecule is C/C(=N\OCC(O)CNC(C)(C)C)c1ccc(S(C)(=O)=O)cc1. The van der Waals surface area contributed by atoms with Crippen LogP contribution in [0, 0.1) is 0 Å². The highest BCUT2D eigenvalue weighted by atomic mass is 32.2. The summed E-state index contributed by atoms with van der Waals surface area (Å²) in [4.78, 5) is 5.42. The molecule has 2 N–H and O–H groups in total. The van der Waals surface area contributed by atoms with Gasteiger partial charge in [-0.3, -0.25) is 0 Å². The van der Waals surface area contributed by atoms with Crippen molar-refractivity contribution in [2.45, 2.75) is 44.2 Å². The Labute approximate surface area is 138 Å². The molecule has 6 nitrogen and oxygen atoms in total. The van der Waals surface area contributed by atoms with Gasteiger partial charge in [-0.05, 0) is 45.4 Å². The molecule has 0 spiro atoms. The minimum atomic E-state index is -3.20. The van der Waals surface area contributed by atoms with E-state index in [1.54, 1.807) is 19.1 Å². The van der Waals surface area contributed by atoms with Gasteiger partial charge < -0.3 is 15.3 Å². The van der Waals surface area contributed by atoms with Crippen LogP contribution in [0.5, 0.6) is 0 Å². The second-order valence-electron chi connectivity index (χ2n) is 6.55. The van der Waals surface area contributed by atoms with Gasteiger partial charge in [0.2, 0.25) is 0 Å². The summed E-state index contributed by atoms with van der Waals surface area (Å²) in [7, 11) is -3.20. The van der Waals surface area contributed by atoms with Gasteiger partial charge in [-0.25, -0.2) is 8.42 Å². The van der Waals surface area contributed by atoms with Gasteiger partial charge in [-0.2, -0.15) is 0 Å². The molecule has 0 aromatic heterocycles. The number of rotatable bonds is 7. The summed E-state index contributed by atoms with van der Waals surface area (Å²) in [5.41, 5.74) is 1.31. The van der Waals surface area contributed by atoms with Crippen LogP contribution >= 0.6 is 0 Å². The van der Waals surface area contributed by atoms with Gasteiger partial charge in [0.15, 0.2) is 9.84 Å². The molecule has 0 heterocycles. The second-order valence-corrected chi connectivity index (χ2v) is 8.57. The highest BCUT2D eigenvalue weighted by Gasteiger charge is 2.12. The van der Waals surface area contributed by atoms with E-state index in [0.717, 1.165) is 5.56 Å². The average Bonchev–Trinajstić information content (AvgIpc) is 2.43. The standard InChI is InChI=1S/C16H26N2O4S/c1-12(13-6-8-15(9-7-13)23(5,20)21)18-22-11-14(19)10-17-16(2,3)4/h6-9,14,17,19H,10-11H2,1-5H3/b18-12+. The Bertz CT molecular complexity index is 631. The maximum Gasteiger partial charge on any atom is 0.175 e. The summed E-state index contributed by atoms with van der Waals surface area (Å²) in [5.74, 6) is 0. The van der Waals surface area contributed by atoms with Gasteiger partial charge in [0.1, 0.15) is 12.7 Å². The first-order valence-corrected chi connectivity index (χ1v) is 9.28. The number of hydrogen-bond donors (Lipinski definition) is 2. The number of benzene rings is 1. The number of nitrogens with zero attached hydrogens (tertiary/aromatic N) is 1. The maximum atomic E-state index is 11.4. The average molecular weight is 342 g/mol. The van der Waals surface area contributed by atoms with Crippen molar-refractivity contribution in [3.05, 3.63) is 29.8 Å². The number of oxime groups is 1. The first-order chi connectivity index (χ1) is 10.5. The zero-order chi connectivity index (χ0) is 17.7. The fourth-order valence-electron chi connectivity index (χ4n) is 1.70. The number of aliphatic hydroxyl groups excluding tert-OH is 1. The summed E-state index contributed by atoms with van der Waals surface area (Å²) < 4.78 is 22.8. The number of hydrogen-bond acceptors (Lipinski definition) is 6. The van der Waals surface area contributed by atoms with Crippen molar-refractivity contribution >= 4 is 15.5 Å². The molecular formula is C16H26N2O4S. The summed E-state index contributed by atoms with van der Waals surface area (Å²) >= 11 is 0. The number of β-amino-alcohol motifs (C(OH)–C–C–N with tert-alkyl or cyclic N) is 1. The molecular weight excluding hydrogens is 316 g/mol. The molecule has 0 radical (unpaired) electrons. The molecule has 0 aliphatic rings. The predicted octanol–water partition coefficient (Wildman–Crippen LogP) is 1.58. The van der Waals surface area contributed by atoms with Crippen LogP contribution in [0.25, 0.3) is 0 Å². The van der Waals surface area contributed by atoms with Gasteiger partial charge in [0.05, 0.1) is 10.6 Å². The highest BCUT2D eigenvalue weighted by Crippen LogP contribution is 2.11. The van der Waals surface area contributed by atoms with Gasteiger partial charge in [-0.1, -0.05) is 17.3 Å². The minimum Gasteiger partial charge on any atom is -0.393 e. The molecule has 0 saturated carbocycles. The molecule has 1 aromatic rings. The van der Waals surface area contributed by atoms with E-state index in [1.165, 1.54) is 18.4 Å². The molecule has 23 heavy (non-hydrogen) atoms. The Morgan fingerprint density at radius 3 is 2.35 bits per heavy atom. The van der Waals surface area contributed by atoms with Gasteiger partial charge in [-0.15, -0.1) is 0 Å². The molecule has 0 saturated heterocycles. The largest absolute Gasteiger partial charge is 0.393 e. The molecule has 0 amide bonds. The van der Waals surface area contributed by atoms with E-state index in [2.05, 4.69) is 10.5 Å². The third kappa shape index (κ3) is 7.58. The molecule has 1 aromatic carbocycles. The molecule has 7 heteroatoms. The molecule has 0 bridgehead atoms. The molecule has 0 aliphatic carbocycles. The normalized spacial score (nSPS) is 14.6. The van der Waals surface area contributed by atoms with Crippen LogP contribution in [0.15, 0.2) is 34.3 Å². The molecule has 0 fully saturated rings. The van der Waals surface area contributed by atoms with Crippen LogP contribution in [0.1, 0.15) is 33.3 Å². The van der Waals surface area contributed by atoms with E-state index >= 15 is 0 Å². The minimum absolute atomic E-state index is 0.0679. The third-order valence-corrected chi connectivity index (χ3v) is 4.17. The van der Waals surface area contributed by atoms with Crippen LogP contribution in [0.4, 0.5) is 0 Å². The Hall–Kier alpha value is -1.44. The lowest BCUT2D eigenvalue weighted by atomic mass is 10.1. The maximum absolute atomic E-state index is 11.4. The van der Waals surface area contributed by atoms with Crippen molar-refractivity contribution in [3.63, 3.8) is 0 Å². The van der Waals surface area contributed by atoms with Crippen LogP contribution in [0.3, 0.4) is 0 Å². The molecule has 1 unspecified atom stereocenters. The molecule has 1 atom stereocenters. The highest BCUT2D eigenvalue weighted by molar-refractivity contribution is 7.90. The van der Waals surface area contributed by atoms with Crippen molar-refractivity contribution in [1.82, 2.24) is 5.32 Å². The van der Waals surface area contributed by atoms with E-state index in [0.29, 0.717) is 12.3 Å². The van der Waals surface area contributed by atoms with Crippen molar-refractivity contribution in [3.8, 4) is 0 Å². The Morgan fingerprint density at radius 2 is 1.87 bits per heavy atom. The van der Waals surface area contributed by atoms with E-state index in [9.17, 15) is 13.5 Å². The molecule has 130 valence electrons. The summed E-state index contributed by atoms with van der Waals surface area (Å²) in [6, 6.07) is 6.42. The fourth-order valence-corrected chi connectivity index (χ4v) is 2.33. The lowest BCUT2D eigenvalue weighted by Crippen LogP contribution is -2.42. The Kier molecular flexibility index (Phi) is 6.73. The second kappa shape index (κ2) is 7.90. The van der Waals surface area contributed by atoms with Crippen molar-refractivity contribution in [2.75, 3.05) is 19.4 Å². The van der Waals surface area contributed by atoms with Gasteiger partial charge in [0.25, 0.3) is 0 Å². The summed E-state index contributed by atoms with van der Waals surface area (Å²) in [5, 5.41) is 16.9. The van der Waals surface area contributed by atoms with Crippen molar-refractivity contribution < 1.29 is 18.4 Å². The predicted molar refractivity (Wildman–Crippen MR) is 91.5 cm³/mol. The van der Waals surface area contributed by atoms with E-state index in [-0.39, 0.29) is 17.0 Å². The topological polar surface area (TPSA) is 88.0 Å². The van der Waals surface area contributed by atoms with Crippen LogP contribution in [-0.4, -0.2) is 50.3 Å². The zero-order valence-corrected chi connectivity index (χ0v) is 15.1. The third-order valence-electron chi connectivity index (χ3n) is 3.04. The fraction of sp³-hybridized carbons (Fsp3) is 0.562. The number of sulfone groups is 1. The van der Waals surface area contributed by atoms with Crippen LogP contribution < -0.4 is 5.32 Å². The molecule has 1 rings (SSSR count). The van der Waals surface area contributed by atoms with E-state index in [1.807, 2.05) is 20.8 Å². The van der Waals surface area contributed by atoms with Gasteiger partial charge in [0, 0.05) is 18.3 Å². The van der Waals surface area contributed by atoms with Crippen molar-refractivity contribution in [1.29, 1.82) is 0 Å². The Morgan fingerprint density at radius 1 is 1.30 bits per heavy atom. The monoisotopic (exact) mass is 342 g/mol. The lowest BCUT2D eigenvalue weighted by Gasteiger charge is -2.22. The van der Waals surface area contributed by atoms with Gasteiger partial charge >= 0.3 is 0 Å². The van der Waals surface area contributed by atoms with E-state index < -0.39 is 15.9 Å². The summed E-state index contributed by atoms with van der Waals surface area (Å²) in [6.07, 6.45) is 0.511. The smallest absolute Gasteiger partial charge is 0.175 e. The summed E-state index contributed by atoms with van der Waals surface area (Å²) in [6.45, 7) is 8.31. The number of aliphatic hydroxyl groups is 1. The zero-order valence-electron chi connectivity index (χ0n) is 14.3. The lowest BCUT2D eigenvalue weighted by molar-refractivity contribution is 0.0373. The first-order valence-electron chi connectivity index (χ1n) is 7.39. The van der Waals surface area contributed by atoms with Crippen LogP contribution in [0.2, 0.25) is 0 Å². The van der Waals surface area contributed by atoms with Crippen LogP contribution in [-0.2, 0) is 14.7 Å².